The molecule has 34 heavy (non-hydrogen) atoms. The van der Waals surface area contributed by atoms with Crippen LogP contribution in [0.3, 0.4) is 0 Å². The summed E-state index contributed by atoms with van der Waals surface area (Å²) in [5.74, 6) is -1.39. The van der Waals surface area contributed by atoms with Crippen molar-refractivity contribution in [2.75, 3.05) is 26.2 Å². The van der Waals surface area contributed by atoms with Crippen molar-refractivity contribution in [3.63, 3.8) is 0 Å². The molecule has 1 aliphatic heterocycles. The Morgan fingerprint density at radius 3 is 2.50 bits per heavy atom. The smallest absolute Gasteiger partial charge is 0.295 e. The first-order valence-corrected chi connectivity index (χ1v) is 12.5. The summed E-state index contributed by atoms with van der Waals surface area (Å²) >= 11 is 1.48. The minimum absolute atomic E-state index is 0.131. The molecule has 0 aliphatic carbocycles. The minimum atomic E-state index is -0.648. The Labute approximate surface area is 203 Å². The standard InChI is InChI=1S/C26H30N4O3S/c1-4-28(5-2)14-10-15-29-23(21-13-9-16-34-21)22(25(32)26(29)33)24(31)20-17-27-30(18(20)3)19-11-7-6-8-12-19/h6-9,11-13,16-17,23,31H,4-5,10,14-15H2,1-3H3/b24-22-. The average Bonchev–Trinajstić information content (AvgIpc) is 3.57. The third kappa shape index (κ3) is 4.43. The second-order valence-electron chi connectivity index (χ2n) is 8.28. The van der Waals surface area contributed by atoms with Gasteiger partial charge in [0.1, 0.15) is 5.76 Å². The Balaban J connectivity index is 1.72. The van der Waals surface area contributed by atoms with Crippen molar-refractivity contribution < 1.29 is 14.7 Å². The van der Waals surface area contributed by atoms with Crippen molar-refractivity contribution in [2.24, 2.45) is 0 Å². The number of ketones is 1. The molecule has 1 unspecified atom stereocenters. The van der Waals surface area contributed by atoms with Gasteiger partial charge in [-0.3, -0.25) is 9.59 Å². The second kappa shape index (κ2) is 10.4. The number of nitrogens with zero attached hydrogens (tertiary/aromatic N) is 4. The van der Waals surface area contributed by atoms with Crippen LogP contribution in [-0.2, 0) is 9.59 Å². The van der Waals surface area contributed by atoms with E-state index >= 15 is 0 Å². The monoisotopic (exact) mass is 478 g/mol. The highest BCUT2D eigenvalue weighted by molar-refractivity contribution is 7.10. The Morgan fingerprint density at radius 1 is 1.12 bits per heavy atom. The number of carbonyl (C=O) groups is 2. The van der Waals surface area contributed by atoms with Crippen molar-refractivity contribution in [1.82, 2.24) is 19.6 Å². The molecule has 1 fully saturated rings. The molecule has 3 heterocycles. The molecule has 0 spiro atoms. The number of aromatic nitrogens is 2. The lowest BCUT2D eigenvalue weighted by molar-refractivity contribution is -0.139. The number of thiophene rings is 1. The molecular formula is C26H30N4O3S. The number of hydrogen-bond donors (Lipinski definition) is 1. The maximum Gasteiger partial charge on any atom is 0.295 e. The van der Waals surface area contributed by atoms with Crippen molar-refractivity contribution in [3.8, 4) is 5.69 Å². The largest absolute Gasteiger partial charge is 0.507 e. The van der Waals surface area contributed by atoms with Crippen LogP contribution < -0.4 is 0 Å². The van der Waals surface area contributed by atoms with Gasteiger partial charge in [-0.05, 0) is 56.6 Å². The summed E-state index contributed by atoms with van der Waals surface area (Å²) in [6, 6.07) is 12.8. The molecule has 1 aromatic carbocycles. The highest BCUT2D eigenvalue weighted by atomic mass is 32.1. The van der Waals surface area contributed by atoms with Crippen LogP contribution in [0.5, 0.6) is 0 Å². The Morgan fingerprint density at radius 2 is 1.85 bits per heavy atom. The summed E-state index contributed by atoms with van der Waals surface area (Å²) in [5.41, 5.74) is 2.13. The van der Waals surface area contributed by atoms with E-state index in [1.807, 2.05) is 54.8 Å². The molecule has 178 valence electrons. The minimum Gasteiger partial charge on any atom is -0.507 e. The van der Waals surface area contributed by atoms with Gasteiger partial charge in [0.2, 0.25) is 0 Å². The zero-order valence-corrected chi connectivity index (χ0v) is 20.6. The number of benzene rings is 1. The normalized spacial score (nSPS) is 17.8. The van der Waals surface area contributed by atoms with Crippen LogP contribution in [0.25, 0.3) is 11.4 Å². The van der Waals surface area contributed by atoms with E-state index in [9.17, 15) is 14.7 Å². The number of carbonyl (C=O) groups excluding carboxylic acids is 2. The van der Waals surface area contributed by atoms with Crippen LogP contribution in [0.1, 0.15) is 42.4 Å². The highest BCUT2D eigenvalue weighted by Crippen LogP contribution is 2.41. The number of Topliss-reactive ketones (excluding diaryl/α,β-unsaturated/α-hetero) is 1. The first-order valence-electron chi connectivity index (χ1n) is 11.6. The van der Waals surface area contributed by atoms with E-state index < -0.39 is 17.7 Å². The van der Waals surface area contributed by atoms with E-state index in [-0.39, 0.29) is 11.3 Å². The fraction of sp³-hybridized carbons (Fsp3) is 0.346. The molecule has 8 heteroatoms. The van der Waals surface area contributed by atoms with Gasteiger partial charge < -0.3 is 14.9 Å². The lowest BCUT2D eigenvalue weighted by Crippen LogP contribution is -2.33. The van der Waals surface area contributed by atoms with Gasteiger partial charge in [-0.2, -0.15) is 5.10 Å². The van der Waals surface area contributed by atoms with Crippen LogP contribution in [0.4, 0.5) is 0 Å². The van der Waals surface area contributed by atoms with Gasteiger partial charge >= 0.3 is 0 Å². The van der Waals surface area contributed by atoms with Crippen LogP contribution in [0.15, 0.2) is 59.6 Å². The predicted octanol–water partition coefficient (Wildman–Crippen LogP) is 4.40. The highest BCUT2D eigenvalue weighted by Gasteiger charge is 2.46. The first kappa shape index (κ1) is 23.9. The van der Waals surface area contributed by atoms with Crippen molar-refractivity contribution in [2.45, 2.75) is 33.2 Å². The Hall–Kier alpha value is -3.23. The molecule has 7 nitrogen and oxygen atoms in total. The molecule has 4 rings (SSSR count). The summed E-state index contributed by atoms with van der Waals surface area (Å²) in [7, 11) is 0. The molecule has 0 bridgehead atoms. The second-order valence-corrected chi connectivity index (χ2v) is 9.26. The zero-order chi connectivity index (χ0) is 24.2. The number of aliphatic hydroxyl groups is 1. The van der Waals surface area contributed by atoms with Crippen LogP contribution in [0, 0.1) is 6.92 Å². The SMILES string of the molecule is CCN(CC)CCCN1C(=O)C(=O)/C(=C(\O)c2cnn(-c3ccccc3)c2C)C1c1cccs1. The Kier molecular flexibility index (Phi) is 7.29. The number of para-hydroxylation sites is 1. The van der Waals surface area contributed by atoms with Gasteiger partial charge in [0.05, 0.1) is 34.8 Å². The van der Waals surface area contributed by atoms with Gasteiger partial charge in [0, 0.05) is 11.4 Å². The lowest BCUT2D eigenvalue weighted by atomic mass is 10.00. The van der Waals surface area contributed by atoms with E-state index in [1.54, 1.807) is 15.8 Å². The lowest BCUT2D eigenvalue weighted by Gasteiger charge is -2.25. The van der Waals surface area contributed by atoms with Gasteiger partial charge in [0.15, 0.2) is 0 Å². The van der Waals surface area contributed by atoms with Crippen LogP contribution in [-0.4, -0.2) is 62.6 Å². The van der Waals surface area contributed by atoms with Crippen LogP contribution >= 0.6 is 11.3 Å². The van der Waals surface area contributed by atoms with Crippen molar-refractivity contribution in [3.05, 3.63) is 75.7 Å². The quantitative estimate of drug-likeness (QED) is 0.280. The molecule has 1 aliphatic rings. The molecule has 1 atom stereocenters. The number of likely N-dealkylation sites (tertiary alicyclic amines) is 1. The molecular weight excluding hydrogens is 448 g/mol. The summed E-state index contributed by atoms with van der Waals surface area (Å²) < 4.78 is 1.72. The van der Waals surface area contributed by atoms with Crippen LogP contribution in [0.2, 0.25) is 0 Å². The molecule has 0 saturated carbocycles. The van der Waals surface area contributed by atoms with Crippen molar-refractivity contribution in [1.29, 1.82) is 0 Å². The molecule has 2 aromatic heterocycles. The van der Waals surface area contributed by atoms with E-state index in [2.05, 4.69) is 23.8 Å². The zero-order valence-electron chi connectivity index (χ0n) is 19.8. The topological polar surface area (TPSA) is 78.7 Å². The fourth-order valence-corrected chi connectivity index (χ4v) is 5.32. The average molecular weight is 479 g/mol. The van der Waals surface area contributed by atoms with E-state index in [0.29, 0.717) is 17.8 Å². The Bertz CT molecular complexity index is 1180. The molecule has 1 amide bonds. The summed E-state index contributed by atoms with van der Waals surface area (Å²) in [4.78, 5) is 31.0. The number of rotatable bonds is 9. The number of amides is 1. The number of aliphatic hydroxyl groups excluding tert-OH is 1. The molecule has 0 radical (unpaired) electrons. The van der Waals surface area contributed by atoms with E-state index in [0.717, 1.165) is 36.6 Å². The van der Waals surface area contributed by atoms with Gasteiger partial charge in [-0.25, -0.2) is 4.68 Å². The van der Waals surface area contributed by atoms with Gasteiger partial charge in [-0.15, -0.1) is 11.3 Å². The third-order valence-electron chi connectivity index (χ3n) is 6.39. The summed E-state index contributed by atoms with van der Waals surface area (Å²) in [6.07, 6.45) is 2.30. The maximum atomic E-state index is 13.2. The maximum absolute atomic E-state index is 13.2. The number of hydrogen-bond acceptors (Lipinski definition) is 6. The van der Waals surface area contributed by atoms with E-state index in [4.69, 9.17) is 0 Å². The third-order valence-corrected chi connectivity index (χ3v) is 7.31. The van der Waals surface area contributed by atoms with Gasteiger partial charge in [-0.1, -0.05) is 38.1 Å². The predicted molar refractivity (Wildman–Crippen MR) is 134 cm³/mol. The summed E-state index contributed by atoms with van der Waals surface area (Å²) in [5, 5.41) is 17.7. The molecule has 1 N–H and O–H groups in total. The molecule has 3 aromatic rings. The van der Waals surface area contributed by atoms with Crippen molar-refractivity contribution >= 4 is 28.8 Å². The molecule has 1 saturated heterocycles. The van der Waals surface area contributed by atoms with Gasteiger partial charge in [0.25, 0.3) is 11.7 Å². The first-order chi connectivity index (χ1) is 16.5. The fourth-order valence-electron chi connectivity index (χ4n) is 4.47. The summed E-state index contributed by atoms with van der Waals surface area (Å²) in [6.45, 7) is 9.23. The van der Waals surface area contributed by atoms with E-state index in [1.165, 1.54) is 11.3 Å².